The average molecular weight is 430 g/mol. The average Bonchev–Trinajstić information content (AvgIpc) is 2.96. The summed E-state index contributed by atoms with van der Waals surface area (Å²) in [4.78, 5) is 0. The lowest BCUT2D eigenvalue weighted by molar-refractivity contribution is 0.432. The van der Waals surface area contributed by atoms with E-state index in [0.29, 0.717) is 16.1 Å². The zero-order valence-electron chi connectivity index (χ0n) is 15.0. The van der Waals surface area contributed by atoms with Gasteiger partial charge in [0.2, 0.25) is 17.4 Å². The molecule has 3 N–H and O–H groups in total. The van der Waals surface area contributed by atoms with Crippen LogP contribution in [0.5, 0.6) is 11.5 Å². The first kappa shape index (κ1) is 19.2. The maximum atomic E-state index is 12.7. The Morgan fingerprint density at radius 1 is 1.00 bits per heavy atom. The van der Waals surface area contributed by atoms with Gasteiger partial charge in [0.1, 0.15) is 5.75 Å². The summed E-state index contributed by atoms with van der Waals surface area (Å²) in [6.07, 6.45) is 0. The number of nitrogen functional groups attached to an aromatic ring is 1. The number of hydrogen-bond acceptors (Lipinski definition) is 6. The predicted molar refractivity (Wildman–Crippen MR) is 112 cm³/mol. The van der Waals surface area contributed by atoms with Crippen LogP contribution in [0.2, 0.25) is 5.02 Å². The zero-order chi connectivity index (χ0) is 20.6. The lowest BCUT2D eigenvalue weighted by Crippen LogP contribution is -2.13. The van der Waals surface area contributed by atoms with Crippen molar-refractivity contribution < 1.29 is 22.1 Å². The maximum Gasteiger partial charge on any atom is 0.313 e. The third-order valence-electron chi connectivity index (χ3n) is 4.39. The Morgan fingerprint density at radius 3 is 2.45 bits per heavy atom. The van der Waals surface area contributed by atoms with Gasteiger partial charge in [-0.2, -0.15) is 8.42 Å². The van der Waals surface area contributed by atoms with Crippen molar-refractivity contribution in [3.05, 3.63) is 77.3 Å². The van der Waals surface area contributed by atoms with Crippen molar-refractivity contribution in [2.45, 2.75) is 5.75 Å². The molecule has 0 aliphatic carbocycles. The number of fused-ring (bicyclic) bond motifs is 1. The van der Waals surface area contributed by atoms with Crippen LogP contribution in [0.25, 0.3) is 22.1 Å². The van der Waals surface area contributed by atoms with E-state index in [1.54, 1.807) is 36.4 Å². The first-order valence-electron chi connectivity index (χ1n) is 8.60. The highest BCUT2D eigenvalue weighted by Gasteiger charge is 2.26. The molecule has 0 amide bonds. The predicted octanol–water partition coefficient (Wildman–Crippen LogP) is 4.95. The van der Waals surface area contributed by atoms with Crippen molar-refractivity contribution in [2.75, 3.05) is 5.73 Å². The number of furan rings is 1. The van der Waals surface area contributed by atoms with Gasteiger partial charge in [-0.15, -0.1) is 0 Å². The summed E-state index contributed by atoms with van der Waals surface area (Å²) in [5.41, 5.74) is 6.80. The number of hydrogen-bond donors (Lipinski definition) is 2. The summed E-state index contributed by atoms with van der Waals surface area (Å²) in [5.74, 6) is -1.67. The van der Waals surface area contributed by atoms with Gasteiger partial charge < -0.3 is 19.4 Å². The molecule has 0 aliphatic rings. The number of anilines is 1. The standard InChI is InChI=1S/C21H16ClNO5S/c22-16-10-8-14(9-11-16)19-18(24)20(21(23)27-19)28-29(25,26)12-15-6-3-5-13-4-1-2-7-17(13)15/h1-11,24H,12,23H2. The van der Waals surface area contributed by atoms with Gasteiger partial charge in [0.05, 0.1) is 0 Å². The van der Waals surface area contributed by atoms with E-state index in [4.69, 9.17) is 25.9 Å². The molecule has 148 valence electrons. The first-order chi connectivity index (χ1) is 13.8. The Bertz CT molecular complexity index is 1290. The van der Waals surface area contributed by atoms with Crippen molar-refractivity contribution >= 4 is 38.4 Å². The lowest BCUT2D eigenvalue weighted by atomic mass is 10.1. The Hall–Kier alpha value is -3.16. The Morgan fingerprint density at radius 2 is 1.69 bits per heavy atom. The molecule has 8 heteroatoms. The van der Waals surface area contributed by atoms with Gasteiger partial charge in [0.25, 0.3) is 0 Å². The fraction of sp³-hybridized carbons (Fsp3) is 0.0476. The fourth-order valence-corrected chi connectivity index (χ4v) is 4.30. The van der Waals surface area contributed by atoms with E-state index in [0.717, 1.165) is 10.8 Å². The van der Waals surface area contributed by atoms with Gasteiger partial charge in [-0.1, -0.05) is 54.1 Å². The van der Waals surface area contributed by atoms with Crippen LogP contribution in [0.15, 0.2) is 71.1 Å². The number of aromatic hydroxyl groups is 1. The summed E-state index contributed by atoms with van der Waals surface area (Å²) in [6.45, 7) is 0. The molecule has 6 nitrogen and oxygen atoms in total. The minimum absolute atomic E-state index is 0.00507. The highest BCUT2D eigenvalue weighted by molar-refractivity contribution is 7.86. The largest absolute Gasteiger partial charge is 0.501 e. The van der Waals surface area contributed by atoms with Crippen molar-refractivity contribution in [3.8, 4) is 22.8 Å². The van der Waals surface area contributed by atoms with Gasteiger partial charge in [0.15, 0.2) is 5.76 Å². The molecule has 3 aromatic carbocycles. The summed E-state index contributed by atoms with van der Waals surface area (Å²) in [5, 5.41) is 12.7. The van der Waals surface area contributed by atoms with Crippen molar-refractivity contribution in [1.29, 1.82) is 0 Å². The molecule has 4 rings (SSSR count). The lowest BCUT2D eigenvalue weighted by Gasteiger charge is -2.09. The zero-order valence-corrected chi connectivity index (χ0v) is 16.6. The summed E-state index contributed by atoms with van der Waals surface area (Å²) >= 11 is 5.86. The second kappa shape index (κ2) is 7.35. The molecule has 0 saturated carbocycles. The first-order valence-corrected chi connectivity index (χ1v) is 10.6. The molecule has 0 unspecified atom stereocenters. The van der Waals surface area contributed by atoms with Gasteiger partial charge in [-0.25, -0.2) is 0 Å². The van der Waals surface area contributed by atoms with E-state index in [2.05, 4.69) is 0 Å². The minimum atomic E-state index is -4.12. The summed E-state index contributed by atoms with van der Waals surface area (Å²) in [6, 6.07) is 19.2. The van der Waals surface area contributed by atoms with Crippen LogP contribution in [0, 0.1) is 0 Å². The van der Waals surface area contributed by atoms with E-state index in [-0.39, 0.29) is 11.6 Å². The molecule has 0 atom stereocenters. The third-order valence-corrected chi connectivity index (χ3v) is 5.73. The van der Waals surface area contributed by atoms with Crippen LogP contribution in [-0.4, -0.2) is 13.5 Å². The van der Waals surface area contributed by atoms with Crippen LogP contribution in [-0.2, 0) is 15.9 Å². The third kappa shape index (κ3) is 3.87. The highest BCUT2D eigenvalue weighted by Crippen LogP contribution is 2.45. The molecule has 0 radical (unpaired) electrons. The molecule has 29 heavy (non-hydrogen) atoms. The normalized spacial score (nSPS) is 11.6. The van der Waals surface area contributed by atoms with Crippen molar-refractivity contribution in [1.82, 2.24) is 0 Å². The summed E-state index contributed by atoms with van der Waals surface area (Å²) in [7, 11) is -4.12. The topological polar surface area (TPSA) is 103 Å². The SMILES string of the molecule is Nc1oc(-c2ccc(Cl)cc2)c(O)c1OS(=O)(=O)Cc1cccc2ccccc12. The van der Waals surface area contributed by atoms with Crippen LogP contribution >= 0.6 is 11.6 Å². The molecular weight excluding hydrogens is 414 g/mol. The molecule has 4 aromatic rings. The second-order valence-electron chi connectivity index (χ2n) is 6.40. The van der Waals surface area contributed by atoms with Crippen LogP contribution in [0.4, 0.5) is 5.88 Å². The molecule has 0 bridgehead atoms. The van der Waals surface area contributed by atoms with Crippen LogP contribution in [0.1, 0.15) is 5.56 Å². The maximum absolute atomic E-state index is 12.7. The number of benzene rings is 3. The van der Waals surface area contributed by atoms with Gasteiger partial charge in [0, 0.05) is 10.6 Å². The fourth-order valence-electron chi connectivity index (χ4n) is 3.07. The molecule has 0 aliphatic heterocycles. The number of nitrogens with two attached hydrogens (primary N) is 1. The molecule has 0 fully saturated rings. The van der Waals surface area contributed by atoms with E-state index >= 15 is 0 Å². The van der Waals surface area contributed by atoms with E-state index < -0.39 is 27.4 Å². The number of rotatable bonds is 5. The van der Waals surface area contributed by atoms with Gasteiger partial charge >= 0.3 is 10.1 Å². The van der Waals surface area contributed by atoms with Crippen molar-refractivity contribution in [3.63, 3.8) is 0 Å². The van der Waals surface area contributed by atoms with E-state index in [1.165, 1.54) is 0 Å². The quantitative estimate of drug-likeness (QED) is 0.435. The van der Waals surface area contributed by atoms with Gasteiger partial charge in [-0.3, -0.25) is 0 Å². The Kier molecular flexibility index (Phi) is 4.86. The highest BCUT2D eigenvalue weighted by atomic mass is 35.5. The molecule has 0 saturated heterocycles. The van der Waals surface area contributed by atoms with Gasteiger partial charge in [-0.05, 0) is 40.6 Å². The van der Waals surface area contributed by atoms with Crippen LogP contribution < -0.4 is 9.92 Å². The van der Waals surface area contributed by atoms with Crippen molar-refractivity contribution in [2.24, 2.45) is 0 Å². The molecule has 1 aromatic heterocycles. The van der Waals surface area contributed by atoms with E-state index in [9.17, 15) is 13.5 Å². The van der Waals surface area contributed by atoms with E-state index in [1.807, 2.05) is 30.3 Å². The number of halogens is 1. The second-order valence-corrected chi connectivity index (χ2v) is 8.41. The Balaban J connectivity index is 1.65. The monoisotopic (exact) mass is 429 g/mol. The summed E-state index contributed by atoms with van der Waals surface area (Å²) < 4.78 is 35.8. The Labute approximate surface area is 172 Å². The molecule has 1 heterocycles. The minimum Gasteiger partial charge on any atom is -0.501 e. The molecule has 0 spiro atoms. The smallest absolute Gasteiger partial charge is 0.313 e. The van der Waals surface area contributed by atoms with Crippen LogP contribution in [0.3, 0.4) is 0 Å². The molecular formula is C21H16ClNO5S.